The number of carbonyl (C=O) groups is 2. The van der Waals surface area contributed by atoms with Gasteiger partial charge in [0.25, 0.3) is 5.91 Å². The van der Waals surface area contributed by atoms with Gasteiger partial charge in [-0.25, -0.2) is 18.1 Å². The van der Waals surface area contributed by atoms with E-state index in [4.69, 9.17) is 0 Å². The lowest BCUT2D eigenvalue weighted by molar-refractivity contribution is -0.131. The van der Waals surface area contributed by atoms with Crippen LogP contribution in [0.3, 0.4) is 0 Å². The Bertz CT molecular complexity index is 834. The summed E-state index contributed by atoms with van der Waals surface area (Å²) in [6.45, 7) is 5.00. The molecule has 2 aliphatic heterocycles. The Morgan fingerprint density at radius 2 is 1.81 bits per heavy atom. The maximum absolute atomic E-state index is 12.7. The standard InChI is InChI=1S/C16H21BrN4O4S/c1-16(2)14(22)21(15(23)18-16)11-19-6-8-20(9-7-19)26(24,25)13-5-3-4-12(17)10-13/h3-5,10H,6-9,11H2,1-2H3,(H,18,23). The average molecular weight is 445 g/mol. The first-order valence-corrected chi connectivity index (χ1v) is 10.5. The molecular formula is C16H21BrN4O4S. The van der Waals surface area contributed by atoms with Gasteiger partial charge >= 0.3 is 6.03 Å². The molecule has 0 saturated carbocycles. The molecule has 0 bridgehead atoms. The predicted molar refractivity (Wildman–Crippen MR) is 98.8 cm³/mol. The highest BCUT2D eigenvalue weighted by atomic mass is 79.9. The third-order valence-corrected chi connectivity index (χ3v) is 6.94. The normalized spacial score (nSPS) is 21.9. The van der Waals surface area contributed by atoms with Crippen molar-refractivity contribution in [2.24, 2.45) is 0 Å². The number of rotatable bonds is 4. The molecule has 142 valence electrons. The van der Waals surface area contributed by atoms with E-state index in [-0.39, 0.29) is 17.5 Å². The van der Waals surface area contributed by atoms with Crippen molar-refractivity contribution < 1.29 is 18.0 Å². The zero-order chi connectivity index (χ0) is 19.1. The highest BCUT2D eigenvalue weighted by Crippen LogP contribution is 2.22. The summed E-state index contributed by atoms with van der Waals surface area (Å²) in [5, 5.41) is 2.64. The quantitative estimate of drug-likeness (QED) is 0.700. The first-order valence-electron chi connectivity index (χ1n) is 8.23. The Morgan fingerprint density at radius 3 is 2.35 bits per heavy atom. The van der Waals surface area contributed by atoms with Crippen molar-refractivity contribution >= 4 is 37.9 Å². The molecule has 2 fully saturated rings. The molecular weight excluding hydrogens is 424 g/mol. The maximum atomic E-state index is 12.7. The van der Waals surface area contributed by atoms with E-state index in [0.29, 0.717) is 30.7 Å². The number of urea groups is 1. The second-order valence-corrected chi connectivity index (χ2v) is 9.76. The number of carbonyl (C=O) groups excluding carboxylic acids is 2. The van der Waals surface area contributed by atoms with Gasteiger partial charge in [-0.05, 0) is 32.0 Å². The fourth-order valence-corrected chi connectivity index (χ4v) is 5.05. The first kappa shape index (κ1) is 19.3. The SMILES string of the molecule is CC1(C)NC(=O)N(CN2CCN(S(=O)(=O)c3cccc(Br)c3)CC2)C1=O. The molecule has 0 atom stereocenters. The van der Waals surface area contributed by atoms with Crippen molar-refractivity contribution in [1.82, 2.24) is 19.4 Å². The molecule has 10 heteroatoms. The molecule has 1 aromatic rings. The Balaban J connectivity index is 1.63. The van der Waals surface area contributed by atoms with E-state index in [1.165, 1.54) is 9.21 Å². The first-order chi connectivity index (χ1) is 12.1. The monoisotopic (exact) mass is 444 g/mol. The molecule has 3 rings (SSSR count). The molecule has 0 spiro atoms. The number of benzene rings is 1. The molecule has 0 aromatic heterocycles. The summed E-state index contributed by atoms with van der Waals surface area (Å²) in [7, 11) is -3.56. The van der Waals surface area contributed by atoms with Crippen molar-refractivity contribution in [2.75, 3.05) is 32.8 Å². The van der Waals surface area contributed by atoms with Gasteiger partial charge in [-0.15, -0.1) is 0 Å². The van der Waals surface area contributed by atoms with E-state index in [9.17, 15) is 18.0 Å². The second kappa shape index (κ2) is 6.91. The van der Waals surface area contributed by atoms with Gasteiger partial charge in [-0.2, -0.15) is 4.31 Å². The van der Waals surface area contributed by atoms with Crippen molar-refractivity contribution in [3.8, 4) is 0 Å². The summed E-state index contributed by atoms with van der Waals surface area (Å²) < 4.78 is 27.6. The van der Waals surface area contributed by atoms with Crippen LogP contribution in [0.5, 0.6) is 0 Å². The van der Waals surface area contributed by atoms with E-state index >= 15 is 0 Å². The summed E-state index contributed by atoms with van der Waals surface area (Å²) in [4.78, 5) is 27.6. The Kier molecular flexibility index (Phi) is 5.13. The molecule has 1 aromatic carbocycles. The van der Waals surface area contributed by atoms with Gasteiger partial charge < -0.3 is 5.32 Å². The minimum atomic E-state index is -3.56. The smallest absolute Gasteiger partial charge is 0.324 e. The van der Waals surface area contributed by atoms with Crippen LogP contribution in [-0.4, -0.2) is 72.8 Å². The van der Waals surface area contributed by atoms with E-state index < -0.39 is 21.6 Å². The summed E-state index contributed by atoms with van der Waals surface area (Å²) in [5.41, 5.74) is -0.900. The lowest BCUT2D eigenvalue weighted by Gasteiger charge is -2.35. The number of halogens is 1. The van der Waals surface area contributed by atoms with Gasteiger partial charge in [0.1, 0.15) is 5.54 Å². The van der Waals surface area contributed by atoms with E-state index in [1.54, 1.807) is 38.1 Å². The van der Waals surface area contributed by atoms with Crippen LogP contribution in [0.4, 0.5) is 4.79 Å². The van der Waals surface area contributed by atoms with E-state index in [0.717, 1.165) is 0 Å². The van der Waals surface area contributed by atoms with Crippen LogP contribution in [0.15, 0.2) is 33.6 Å². The van der Waals surface area contributed by atoms with Gasteiger partial charge in [0.2, 0.25) is 10.0 Å². The highest BCUT2D eigenvalue weighted by Gasteiger charge is 2.45. The van der Waals surface area contributed by atoms with Crippen LogP contribution >= 0.6 is 15.9 Å². The Morgan fingerprint density at radius 1 is 1.15 bits per heavy atom. The van der Waals surface area contributed by atoms with E-state index in [2.05, 4.69) is 21.2 Å². The van der Waals surface area contributed by atoms with Crippen LogP contribution in [0.2, 0.25) is 0 Å². The maximum Gasteiger partial charge on any atom is 0.326 e. The summed E-state index contributed by atoms with van der Waals surface area (Å²) in [5.74, 6) is -0.272. The number of nitrogens with zero attached hydrogens (tertiary/aromatic N) is 3. The number of imide groups is 1. The molecule has 8 nitrogen and oxygen atoms in total. The van der Waals surface area contributed by atoms with Crippen molar-refractivity contribution in [3.63, 3.8) is 0 Å². The van der Waals surface area contributed by atoms with Gasteiger partial charge in [0, 0.05) is 30.7 Å². The van der Waals surface area contributed by atoms with Crippen LogP contribution in [0.1, 0.15) is 13.8 Å². The minimum absolute atomic E-state index is 0.166. The van der Waals surface area contributed by atoms with Crippen LogP contribution in [0.25, 0.3) is 0 Å². The molecule has 0 aliphatic carbocycles. The average Bonchev–Trinajstić information content (AvgIpc) is 2.77. The molecule has 2 heterocycles. The van der Waals surface area contributed by atoms with Gasteiger partial charge in [0.05, 0.1) is 11.6 Å². The lowest BCUT2D eigenvalue weighted by atomic mass is 10.1. The lowest BCUT2D eigenvalue weighted by Crippen LogP contribution is -2.52. The number of amides is 3. The predicted octanol–water partition coefficient (Wildman–Crippen LogP) is 1.04. The van der Waals surface area contributed by atoms with Gasteiger partial charge in [0.15, 0.2) is 0 Å². The molecule has 2 saturated heterocycles. The summed E-state index contributed by atoms with van der Waals surface area (Å²) in [6.07, 6.45) is 0. The number of piperazine rings is 1. The third-order valence-electron chi connectivity index (χ3n) is 4.55. The summed E-state index contributed by atoms with van der Waals surface area (Å²) in [6, 6.07) is 6.20. The van der Waals surface area contributed by atoms with Crippen molar-refractivity contribution in [3.05, 3.63) is 28.7 Å². The molecule has 1 N–H and O–H groups in total. The minimum Gasteiger partial charge on any atom is -0.324 e. The van der Waals surface area contributed by atoms with Crippen molar-refractivity contribution in [1.29, 1.82) is 0 Å². The molecule has 26 heavy (non-hydrogen) atoms. The number of nitrogens with one attached hydrogen (secondary N) is 1. The summed E-state index contributed by atoms with van der Waals surface area (Å²) >= 11 is 3.29. The second-order valence-electron chi connectivity index (χ2n) is 6.91. The zero-order valence-corrected chi connectivity index (χ0v) is 17.0. The Labute approximate surface area is 161 Å². The number of sulfonamides is 1. The molecule has 0 radical (unpaired) electrons. The molecule has 2 aliphatic rings. The van der Waals surface area contributed by atoms with Crippen molar-refractivity contribution in [2.45, 2.75) is 24.3 Å². The molecule has 0 unspecified atom stereocenters. The zero-order valence-electron chi connectivity index (χ0n) is 14.6. The Hall–Kier alpha value is -1.49. The van der Waals surface area contributed by atoms with Gasteiger partial charge in [-0.3, -0.25) is 9.69 Å². The fourth-order valence-electron chi connectivity index (χ4n) is 3.03. The highest BCUT2D eigenvalue weighted by molar-refractivity contribution is 9.10. The van der Waals surface area contributed by atoms with E-state index in [1.807, 2.05) is 4.90 Å². The third kappa shape index (κ3) is 3.64. The largest absolute Gasteiger partial charge is 0.326 e. The van der Waals surface area contributed by atoms with Gasteiger partial charge in [-0.1, -0.05) is 22.0 Å². The van der Waals surface area contributed by atoms with Crippen LogP contribution < -0.4 is 5.32 Å². The van der Waals surface area contributed by atoms with Crippen LogP contribution in [-0.2, 0) is 14.8 Å². The van der Waals surface area contributed by atoms with Crippen LogP contribution in [0, 0.1) is 0 Å². The molecule has 3 amide bonds. The number of hydrogen-bond donors (Lipinski definition) is 1. The number of hydrogen-bond acceptors (Lipinski definition) is 5. The topological polar surface area (TPSA) is 90.0 Å². The fraction of sp³-hybridized carbons (Fsp3) is 0.500.